The number of anilines is 1. The van der Waals surface area contributed by atoms with E-state index < -0.39 is 21.5 Å². The zero-order chi connectivity index (χ0) is 13.7. The van der Waals surface area contributed by atoms with Crippen molar-refractivity contribution in [3.05, 3.63) is 34.1 Å². The van der Waals surface area contributed by atoms with Gasteiger partial charge >= 0.3 is 0 Å². The zero-order valence-electron chi connectivity index (χ0n) is 10.2. The number of rotatable bonds is 6. The lowest BCUT2D eigenvalue weighted by molar-refractivity contribution is -0.384. The summed E-state index contributed by atoms with van der Waals surface area (Å²) < 4.78 is 23.9. The van der Waals surface area contributed by atoms with Gasteiger partial charge in [0.25, 0.3) is 5.69 Å². The van der Waals surface area contributed by atoms with Crippen LogP contribution in [0.3, 0.4) is 0 Å². The summed E-state index contributed by atoms with van der Waals surface area (Å²) in [5.74, 6) is -0.127. The maximum Gasteiger partial charge on any atom is 0.295 e. The van der Waals surface area contributed by atoms with Crippen LogP contribution in [0, 0.1) is 15.9 Å². The molecule has 0 aliphatic rings. The van der Waals surface area contributed by atoms with Crippen molar-refractivity contribution < 1.29 is 13.5 Å². The third-order valence-electron chi connectivity index (χ3n) is 2.40. The van der Waals surface area contributed by atoms with Crippen LogP contribution in [0.15, 0.2) is 18.2 Å². The van der Waals surface area contributed by atoms with E-state index >= 15 is 0 Å². The maximum absolute atomic E-state index is 12.9. The molecule has 1 N–H and O–H groups in total. The predicted octanol–water partition coefficient (Wildman–Crippen LogP) is 2.30. The van der Waals surface area contributed by atoms with Crippen molar-refractivity contribution in [2.75, 3.05) is 17.3 Å². The molecule has 0 bridgehead atoms. The molecule has 0 aliphatic heterocycles. The minimum atomic E-state index is -0.896. The van der Waals surface area contributed by atoms with Gasteiger partial charge in [0.15, 0.2) is 0 Å². The molecule has 7 heteroatoms. The number of benzene rings is 1. The van der Waals surface area contributed by atoms with Crippen molar-refractivity contribution >= 4 is 22.2 Å². The monoisotopic (exact) mass is 274 g/mol. The highest BCUT2D eigenvalue weighted by Crippen LogP contribution is 2.25. The summed E-state index contributed by atoms with van der Waals surface area (Å²) >= 11 is 0. The highest BCUT2D eigenvalue weighted by molar-refractivity contribution is 7.84. The summed E-state index contributed by atoms with van der Waals surface area (Å²) in [6.07, 6.45) is 2.23. The van der Waals surface area contributed by atoms with E-state index in [1.807, 2.05) is 6.92 Å². The molecular formula is C11H15FN2O3S. The Morgan fingerprint density at radius 3 is 2.78 bits per heavy atom. The van der Waals surface area contributed by atoms with Crippen molar-refractivity contribution in [3.8, 4) is 0 Å². The third-order valence-corrected chi connectivity index (χ3v) is 3.21. The van der Waals surface area contributed by atoms with Crippen molar-refractivity contribution in [1.82, 2.24) is 0 Å². The number of nitrogens with zero attached hydrogens (tertiary/aromatic N) is 1. The molecule has 0 radical (unpaired) electrons. The lowest BCUT2D eigenvalue weighted by Gasteiger charge is -2.14. The molecule has 18 heavy (non-hydrogen) atoms. The number of nitro groups is 1. The van der Waals surface area contributed by atoms with E-state index in [4.69, 9.17) is 0 Å². The summed E-state index contributed by atoms with van der Waals surface area (Å²) in [4.78, 5) is 10.1. The van der Waals surface area contributed by atoms with Crippen molar-refractivity contribution in [2.45, 2.75) is 19.4 Å². The third kappa shape index (κ3) is 4.40. The fourth-order valence-electron chi connectivity index (χ4n) is 1.46. The Morgan fingerprint density at radius 2 is 2.22 bits per heavy atom. The highest BCUT2D eigenvalue weighted by Gasteiger charge is 2.16. The Kier molecular flexibility index (Phi) is 5.21. The fourth-order valence-corrected chi connectivity index (χ4v) is 2.14. The second-order valence-corrected chi connectivity index (χ2v) is 5.58. The molecule has 1 rings (SSSR count). The Balaban J connectivity index is 2.77. The Morgan fingerprint density at radius 1 is 1.56 bits per heavy atom. The molecule has 0 fully saturated rings. The quantitative estimate of drug-likeness (QED) is 0.638. The van der Waals surface area contributed by atoms with Crippen LogP contribution in [0.2, 0.25) is 0 Å². The van der Waals surface area contributed by atoms with E-state index in [2.05, 4.69) is 5.32 Å². The van der Waals surface area contributed by atoms with Gasteiger partial charge in [-0.15, -0.1) is 0 Å². The van der Waals surface area contributed by atoms with E-state index in [0.717, 1.165) is 6.07 Å². The van der Waals surface area contributed by atoms with Gasteiger partial charge in [0.1, 0.15) is 11.5 Å². The topological polar surface area (TPSA) is 72.2 Å². The molecule has 0 aliphatic carbocycles. The van der Waals surface area contributed by atoms with Crippen LogP contribution < -0.4 is 5.32 Å². The lowest BCUT2D eigenvalue weighted by atomic mass is 10.2. The summed E-state index contributed by atoms with van der Waals surface area (Å²) in [7, 11) is -0.896. The lowest BCUT2D eigenvalue weighted by Crippen LogP contribution is -2.18. The Bertz CT molecular complexity index is 468. The molecule has 0 heterocycles. The van der Waals surface area contributed by atoms with Gasteiger partial charge < -0.3 is 5.32 Å². The minimum Gasteiger partial charge on any atom is -0.377 e. The molecule has 0 saturated carbocycles. The van der Waals surface area contributed by atoms with Crippen LogP contribution in [-0.2, 0) is 10.8 Å². The molecule has 0 amide bonds. The minimum absolute atomic E-state index is 0.0712. The van der Waals surface area contributed by atoms with Crippen molar-refractivity contribution in [3.63, 3.8) is 0 Å². The van der Waals surface area contributed by atoms with Crippen LogP contribution in [0.4, 0.5) is 15.8 Å². The average Bonchev–Trinajstić information content (AvgIpc) is 2.28. The van der Waals surface area contributed by atoms with Crippen LogP contribution >= 0.6 is 0 Å². The highest BCUT2D eigenvalue weighted by atomic mass is 32.2. The second kappa shape index (κ2) is 6.44. The summed E-state index contributed by atoms with van der Waals surface area (Å²) in [5, 5.41) is 13.7. The van der Waals surface area contributed by atoms with Gasteiger partial charge in [-0.25, -0.2) is 4.39 Å². The first-order valence-corrected chi connectivity index (χ1v) is 7.13. The normalized spacial score (nSPS) is 13.9. The first kappa shape index (κ1) is 14.6. The first-order chi connectivity index (χ1) is 8.40. The number of halogens is 1. The number of hydrogen-bond donors (Lipinski definition) is 1. The molecule has 1 aromatic carbocycles. The Hall–Kier alpha value is -1.50. The fraction of sp³-hybridized carbons (Fsp3) is 0.455. The van der Waals surface area contributed by atoms with Gasteiger partial charge in [0, 0.05) is 28.9 Å². The Labute approximate surface area is 107 Å². The summed E-state index contributed by atoms with van der Waals surface area (Å²) in [5.41, 5.74) is -0.0183. The number of hydrogen-bond acceptors (Lipinski definition) is 4. The molecule has 100 valence electrons. The van der Waals surface area contributed by atoms with Crippen molar-refractivity contribution in [1.29, 1.82) is 0 Å². The van der Waals surface area contributed by atoms with E-state index in [-0.39, 0.29) is 17.4 Å². The largest absolute Gasteiger partial charge is 0.377 e. The van der Waals surface area contributed by atoms with Gasteiger partial charge in [-0.05, 0) is 25.5 Å². The molecule has 0 spiro atoms. The molecule has 2 unspecified atom stereocenters. The number of nitro benzene ring substituents is 1. The summed E-state index contributed by atoms with van der Waals surface area (Å²) in [6, 6.07) is 3.32. The van der Waals surface area contributed by atoms with Gasteiger partial charge in [-0.2, -0.15) is 0 Å². The molecular weight excluding hydrogens is 259 g/mol. The van der Waals surface area contributed by atoms with E-state index in [1.165, 1.54) is 12.1 Å². The van der Waals surface area contributed by atoms with Crippen LogP contribution in [0.1, 0.15) is 13.3 Å². The SMILES string of the molecule is CC(CCS(C)=O)Nc1ccc(F)cc1[N+](=O)[O-]. The number of nitrogens with one attached hydrogen (secondary N) is 1. The van der Waals surface area contributed by atoms with Crippen molar-refractivity contribution in [2.24, 2.45) is 0 Å². The van der Waals surface area contributed by atoms with Gasteiger partial charge in [-0.1, -0.05) is 0 Å². The van der Waals surface area contributed by atoms with E-state index in [1.54, 1.807) is 6.26 Å². The smallest absolute Gasteiger partial charge is 0.295 e. The summed E-state index contributed by atoms with van der Waals surface area (Å²) in [6.45, 7) is 1.83. The zero-order valence-corrected chi connectivity index (χ0v) is 11.0. The standard InChI is InChI=1S/C11H15FN2O3S/c1-8(5-6-18(2)17)13-10-4-3-9(12)7-11(10)14(15)16/h3-4,7-8,13H,5-6H2,1-2H3. The molecule has 1 aromatic rings. The van der Waals surface area contributed by atoms with Gasteiger partial charge in [-0.3, -0.25) is 14.3 Å². The second-order valence-electron chi connectivity index (χ2n) is 4.03. The molecule has 2 atom stereocenters. The van der Waals surface area contributed by atoms with Crippen LogP contribution in [0.25, 0.3) is 0 Å². The maximum atomic E-state index is 12.9. The van der Waals surface area contributed by atoms with Crippen LogP contribution in [-0.4, -0.2) is 27.2 Å². The van der Waals surface area contributed by atoms with Crippen LogP contribution in [0.5, 0.6) is 0 Å². The average molecular weight is 274 g/mol. The first-order valence-electron chi connectivity index (χ1n) is 5.40. The van der Waals surface area contributed by atoms with E-state index in [0.29, 0.717) is 12.2 Å². The van der Waals surface area contributed by atoms with E-state index in [9.17, 15) is 18.7 Å². The molecule has 0 saturated heterocycles. The molecule has 5 nitrogen and oxygen atoms in total. The molecule has 0 aromatic heterocycles. The van der Waals surface area contributed by atoms with Gasteiger partial charge in [0.2, 0.25) is 0 Å². The predicted molar refractivity (Wildman–Crippen MR) is 69.7 cm³/mol. The van der Waals surface area contributed by atoms with Gasteiger partial charge in [0.05, 0.1) is 11.0 Å².